The van der Waals surface area contributed by atoms with Crippen molar-refractivity contribution in [3.05, 3.63) is 23.3 Å². The number of methoxy groups -OCH3 is 2. The minimum absolute atomic E-state index is 0.0122. The number of aliphatic hydroxyl groups excluding tert-OH is 1. The average molecular weight is 232 g/mol. The van der Waals surface area contributed by atoms with Gasteiger partial charge in [0.2, 0.25) is 0 Å². The van der Waals surface area contributed by atoms with E-state index in [1.807, 2.05) is 0 Å². The van der Waals surface area contributed by atoms with Gasteiger partial charge in [-0.3, -0.25) is 0 Å². The van der Waals surface area contributed by atoms with E-state index in [9.17, 15) is 8.78 Å². The lowest BCUT2D eigenvalue weighted by Gasteiger charge is -2.17. The number of hydrogen-bond donors (Lipinski definition) is 1. The van der Waals surface area contributed by atoms with Crippen LogP contribution in [0.4, 0.5) is 8.78 Å². The van der Waals surface area contributed by atoms with E-state index in [1.54, 1.807) is 6.92 Å². The summed E-state index contributed by atoms with van der Waals surface area (Å²) in [5.74, 6) is -2.38. The molecule has 1 unspecified atom stereocenters. The van der Waals surface area contributed by atoms with Crippen LogP contribution in [0.5, 0.6) is 11.5 Å². The molecule has 1 aromatic rings. The highest BCUT2D eigenvalue weighted by Gasteiger charge is 2.23. The van der Waals surface area contributed by atoms with Gasteiger partial charge >= 0.3 is 0 Å². The highest BCUT2D eigenvalue weighted by Crippen LogP contribution is 2.38. The second kappa shape index (κ2) is 5.12. The maximum Gasteiger partial charge on any atom is 0.167 e. The normalized spacial score (nSPS) is 12.4. The summed E-state index contributed by atoms with van der Waals surface area (Å²) >= 11 is 0. The first kappa shape index (κ1) is 12.7. The zero-order valence-electron chi connectivity index (χ0n) is 9.38. The van der Waals surface area contributed by atoms with Gasteiger partial charge in [0.1, 0.15) is 0 Å². The third kappa shape index (κ3) is 2.09. The molecule has 1 atom stereocenters. The molecule has 90 valence electrons. The van der Waals surface area contributed by atoms with Crippen LogP contribution < -0.4 is 9.47 Å². The number of rotatable bonds is 4. The van der Waals surface area contributed by atoms with Crippen molar-refractivity contribution in [1.82, 2.24) is 0 Å². The Hall–Kier alpha value is -1.36. The molecule has 0 radical (unpaired) electrons. The molecule has 0 aliphatic rings. The van der Waals surface area contributed by atoms with Crippen LogP contribution in [-0.4, -0.2) is 25.9 Å². The molecule has 1 N–H and O–H groups in total. The molecule has 0 aromatic heterocycles. The Morgan fingerprint density at radius 3 is 2.38 bits per heavy atom. The Morgan fingerprint density at radius 2 is 1.94 bits per heavy atom. The van der Waals surface area contributed by atoms with Gasteiger partial charge in [-0.25, -0.2) is 8.78 Å². The largest absolute Gasteiger partial charge is 0.493 e. The van der Waals surface area contributed by atoms with E-state index in [0.29, 0.717) is 0 Å². The van der Waals surface area contributed by atoms with E-state index in [0.717, 1.165) is 6.07 Å². The van der Waals surface area contributed by atoms with E-state index in [2.05, 4.69) is 0 Å². The number of aliphatic hydroxyl groups is 1. The molecule has 5 heteroatoms. The second-order valence-electron chi connectivity index (χ2n) is 3.41. The molecule has 0 bridgehead atoms. The maximum absolute atomic E-state index is 13.6. The lowest BCUT2D eigenvalue weighted by Crippen LogP contribution is -2.08. The molecule has 16 heavy (non-hydrogen) atoms. The third-order valence-electron chi connectivity index (χ3n) is 2.36. The molecule has 0 saturated carbocycles. The Bertz CT molecular complexity index is 380. The van der Waals surface area contributed by atoms with Crippen molar-refractivity contribution in [2.24, 2.45) is 0 Å². The summed E-state index contributed by atoms with van der Waals surface area (Å²) < 4.78 is 36.7. The number of hydrogen-bond acceptors (Lipinski definition) is 3. The standard InChI is InChI=1S/C11H14F2O3/c1-6(5-14)9-10(13)7(12)4-8(15-2)11(9)16-3/h4,6,14H,5H2,1-3H3. The molecule has 0 heterocycles. The van der Waals surface area contributed by atoms with Gasteiger partial charge < -0.3 is 14.6 Å². The summed E-state index contributed by atoms with van der Waals surface area (Å²) in [7, 11) is 2.67. The van der Waals surface area contributed by atoms with Gasteiger partial charge in [0.25, 0.3) is 0 Å². The fraction of sp³-hybridized carbons (Fsp3) is 0.455. The Morgan fingerprint density at radius 1 is 1.31 bits per heavy atom. The van der Waals surface area contributed by atoms with Crippen molar-refractivity contribution in [1.29, 1.82) is 0 Å². The van der Waals surface area contributed by atoms with E-state index < -0.39 is 17.6 Å². The van der Waals surface area contributed by atoms with Crippen molar-refractivity contribution in [3.63, 3.8) is 0 Å². The lowest BCUT2D eigenvalue weighted by molar-refractivity contribution is 0.263. The molecule has 0 aliphatic carbocycles. The number of benzene rings is 1. The quantitative estimate of drug-likeness (QED) is 0.863. The van der Waals surface area contributed by atoms with Crippen molar-refractivity contribution in [2.45, 2.75) is 12.8 Å². The summed E-state index contributed by atoms with van der Waals surface area (Å²) in [4.78, 5) is 0. The van der Waals surface area contributed by atoms with Crippen LogP contribution in [0.2, 0.25) is 0 Å². The molecule has 0 aliphatic heterocycles. The van der Waals surface area contributed by atoms with Gasteiger partial charge in [0, 0.05) is 24.2 Å². The first-order chi connectivity index (χ1) is 7.56. The van der Waals surface area contributed by atoms with Crippen molar-refractivity contribution in [3.8, 4) is 11.5 Å². The van der Waals surface area contributed by atoms with Crippen LogP contribution in [0.1, 0.15) is 18.4 Å². The van der Waals surface area contributed by atoms with Gasteiger partial charge in [-0.1, -0.05) is 6.92 Å². The minimum atomic E-state index is -1.02. The van der Waals surface area contributed by atoms with Gasteiger partial charge in [0.05, 0.1) is 14.2 Å². The fourth-order valence-electron chi connectivity index (χ4n) is 1.50. The van der Waals surface area contributed by atoms with Crippen LogP contribution in [0, 0.1) is 11.6 Å². The minimum Gasteiger partial charge on any atom is -0.493 e. The fourth-order valence-corrected chi connectivity index (χ4v) is 1.50. The third-order valence-corrected chi connectivity index (χ3v) is 2.36. The molecule has 1 rings (SSSR count). The van der Waals surface area contributed by atoms with Crippen molar-refractivity contribution >= 4 is 0 Å². The van der Waals surface area contributed by atoms with E-state index in [4.69, 9.17) is 14.6 Å². The summed E-state index contributed by atoms with van der Waals surface area (Å²) in [6.45, 7) is 1.26. The van der Waals surface area contributed by atoms with Gasteiger partial charge in [-0.15, -0.1) is 0 Å². The second-order valence-corrected chi connectivity index (χ2v) is 3.41. The summed E-state index contributed by atoms with van der Waals surface area (Å²) in [6, 6.07) is 0.918. The predicted octanol–water partition coefficient (Wildman–Crippen LogP) is 2.08. The van der Waals surface area contributed by atoms with Crippen LogP contribution in [0.15, 0.2) is 6.07 Å². The van der Waals surface area contributed by atoms with E-state index in [-0.39, 0.29) is 23.7 Å². The first-order valence-corrected chi connectivity index (χ1v) is 4.77. The zero-order valence-corrected chi connectivity index (χ0v) is 9.38. The molecular weight excluding hydrogens is 218 g/mol. The van der Waals surface area contributed by atoms with Crippen LogP contribution in [0.3, 0.4) is 0 Å². The van der Waals surface area contributed by atoms with Gasteiger partial charge in [-0.05, 0) is 0 Å². The number of ether oxygens (including phenoxy) is 2. The molecular formula is C11H14F2O3. The molecule has 0 saturated heterocycles. The van der Waals surface area contributed by atoms with Crippen LogP contribution in [-0.2, 0) is 0 Å². The van der Waals surface area contributed by atoms with Crippen molar-refractivity contribution in [2.75, 3.05) is 20.8 Å². The van der Waals surface area contributed by atoms with Crippen LogP contribution in [0.25, 0.3) is 0 Å². The highest BCUT2D eigenvalue weighted by atomic mass is 19.2. The molecule has 0 fully saturated rings. The average Bonchev–Trinajstić information content (AvgIpc) is 2.30. The topological polar surface area (TPSA) is 38.7 Å². The maximum atomic E-state index is 13.6. The summed E-state index contributed by atoms with van der Waals surface area (Å²) in [5.41, 5.74) is -0.0122. The van der Waals surface area contributed by atoms with Gasteiger partial charge in [-0.2, -0.15) is 0 Å². The van der Waals surface area contributed by atoms with Crippen LogP contribution >= 0.6 is 0 Å². The smallest absolute Gasteiger partial charge is 0.167 e. The van der Waals surface area contributed by atoms with Gasteiger partial charge in [0.15, 0.2) is 23.1 Å². The van der Waals surface area contributed by atoms with E-state index in [1.165, 1.54) is 14.2 Å². The lowest BCUT2D eigenvalue weighted by atomic mass is 9.99. The SMILES string of the molecule is COc1cc(F)c(F)c(C(C)CO)c1OC. The zero-order chi connectivity index (χ0) is 12.3. The molecule has 0 amide bonds. The summed E-state index contributed by atoms with van der Waals surface area (Å²) in [6.07, 6.45) is 0. The Labute approximate surface area is 92.6 Å². The molecule has 3 nitrogen and oxygen atoms in total. The Balaban J connectivity index is 3.46. The first-order valence-electron chi connectivity index (χ1n) is 4.77. The van der Waals surface area contributed by atoms with E-state index >= 15 is 0 Å². The highest BCUT2D eigenvalue weighted by molar-refractivity contribution is 5.49. The molecule has 1 aromatic carbocycles. The van der Waals surface area contributed by atoms with Crippen molar-refractivity contribution < 1.29 is 23.4 Å². The number of halogens is 2. The monoisotopic (exact) mass is 232 g/mol. The molecule has 0 spiro atoms. The predicted molar refractivity (Wildman–Crippen MR) is 55.0 cm³/mol. The Kier molecular flexibility index (Phi) is 4.06. The summed E-state index contributed by atoms with van der Waals surface area (Å²) in [5, 5.41) is 9.00.